The van der Waals surface area contributed by atoms with Crippen LogP contribution in [0.4, 0.5) is 5.69 Å². The molecule has 0 aliphatic carbocycles. The van der Waals surface area contributed by atoms with Gasteiger partial charge in [0, 0.05) is 11.6 Å². The Morgan fingerprint density at radius 2 is 1.97 bits per heavy atom. The molecule has 1 heterocycles. The summed E-state index contributed by atoms with van der Waals surface area (Å²) < 4.78 is 12.7. The van der Waals surface area contributed by atoms with Gasteiger partial charge in [-0.05, 0) is 37.3 Å². The maximum Gasteiger partial charge on any atom is 0.237 e. The van der Waals surface area contributed by atoms with Crippen LogP contribution in [0.15, 0.2) is 60.3 Å². The minimum Gasteiger partial charge on any atom is -0.496 e. The van der Waals surface area contributed by atoms with Gasteiger partial charge in [-0.1, -0.05) is 41.6 Å². The van der Waals surface area contributed by atoms with E-state index in [4.69, 9.17) is 21.1 Å². The van der Waals surface area contributed by atoms with Gasteiger partial charge in [0.2, 0.25) is 5.91 Å². The summed E-state index contributed by atoms with van der Waals surface area (Å²) in [5, 5.41) is 12.2. The van der Waals surface area contributed by atoms with E-state index < -0.39 is 5.25 Å². The van der Waals surface area contributed by atoms with Crippen molar-refractivity contribution in [1.29, 1.82) is 0 Å². The first kappa shape index (κ1) is 22.7. The number of aromatic nitrogens is 3. The number of hydrogen-bond donors (Lipinski definition) is 1. The van der Waals surface area contributed by atoms with Gasteiger partial charge in [-0.2, -0.15) is 0 Å². The molecule has 7 nitrogen and oxygen atoms in total. The van der Waals surface area contributed by atoms with Gasteiger partial charge in [0.05, 0.1) is 30.7 Å². The maximum atomic E-state index is 12.8. The zero-order valence-corrected chi connectivity index (χ0v) is 19.0. The van der Waals surface area contributed by atoms with Gasteiger partial charge >= 0.3 is 0 Å². The highest BCUT2D eigenvalue weighted by Gasteiger charge is 2.22. The van der Waals surface area contributed by atoms with Crippen molar-refractivity contribution in [3.8, 4) is 22.9 Å². The fourth-order valence-corrected chi connectivity index (χ4v) is 3.95. The van der Waals surface area contributed by atoms with Crippen molar-refractivity contribution in [2.45, 2.75) is 23.9 Å². The Bertz CT molecular complexity index is 1090. The molecule has 0 aliphatic heterocycles. The Hall–Kier alpha value is -2.97. The second kappa shape index (κ2) is 10.4. The average molecular weight is 459 g/mol. The molecule has 0 bridgehead atoms. The Balaban J connectivity index is 1.84. The number of thioether (sulfide) groups is 1. The number of methoxy groups -OCH3 is 2. The lowest BCUT2D eigenvalue weighted by Crippen LogP contribution is -2.23. The van der Waals surface area contributed by atoms with E-state index in [-0.39, 0.29) is 5.91 Å². The number of anilines is 1. The molecule has 1 unspecified atom stereocenters. The maximum absolute atomic E-state index is 12.8. The normalized spacial score (nSPS) is 11.6. The summed E-state index contributed by atoms with van der Waals surface area (Å²) in [6.45, 7) is 6.11. The molecule has 0 saturated carbocycles. The highest BCUT2D eigenvalue weighted by molar-refractivity contribution is 8.00. The van der Waals surface area contributed by atoms with E-state index in [9.17, 15) is 4.79 Å². The van der Waals surface area contributed by atoms with Gasteiger partial charge < -0.3 is 14.8 Å². The quantitative estimate of drug-likeness (QED) is 0.362. The van der Waals surface area contributed by atoms with Crippen molar-refractivity contribution in [2.24, 2.45) is 0 Å². The smallest absolute Gasteiger partial charge is 0.237 e. The van der Waals surface area contributed by atoms with Gasteiger partial charge in [0.1, 0.15) is 11.5 Å². The van der Waals surface area contributed by atoms with E-state index in [2.05, 4.69) is 22.1 Å². The predicted molar refractivity (Wildman–Crippen MR) is 124 cm³/mol. The first-order valence-corrected chi connectivity index (χ1v) is 10.7. The monoisotopic (exact) mass is 458 g/mol. The molecule has 9 heteroatoms. The van der Waals surface area contributed by atoms with Crippen LogP contribution in [-0.2, 0) is 11.3 Å². The van der Waals surface area contributed by atoms with Crippen LogP contribution < -0.4 is 14.8 Å². The number of para-hydroxylation sites is 1. The minimum absolute atomic E-state index is 0.211. The second-order valence-corrected chi connectivity index (χ2v) is 8.24. The Morgan fingerprint density at radius 1 is 1.23 bits per heavy atom. The van der Waals surface area contributed by atoms with Crippen LogP contribution in [0.25, 0.3) is 11.4 Å². The molecule has 0 aliphatic rings. The lowest BCUT2D eigenvalue weighted by atomic mass is 10.2. The molecule has 1 aromatic heterocycles. The molecule has 0 fully saturated rings. The molecule has 0 saturated heterocycles. The topological polar surface area (TPSA) is 78.3 Å². The summed E-state index contributed by atoms with van der Waals surface area (Å²) in [7, 11) is 3.15. The van der Waals surface area contributed by atoms with Crippen LogP contribution in [0.5, 0.6) is 11.5 Å². The van der Waals surface area contributed by atoms with Crippen LogP contribution in [0.1, 0.15) is 6.92 Å². The highest BCUT2D eigenvalue weighted by Crippen LogP contribution is 2.33. The molecule has 2 aromatic carbocycles. The standard InChI is InChI=1S/C22H23ClN4O3S/c1-5-12-27-20(16-8-6-7-9-18(16)29-3)25-26-22(27)31-14(2)21(28)24-17-13-15(23)10-11-19(17)30-4/h5-11,13-14H,1,12H2,2-4H3,(H,24,28). The fraction of sp³-hybridized carbons (Fsp3) is 0.227. The Morgan fingerprint density at radius 3 is 2.68 bits per heavy atom. The third-order valence-electron chi connectivity index (χ3n) is 4.45. The van der Waals surface area contributed by atoms with Crippen molar-refractivity contribution in [3.63, 3.8) is 0 Å². The Labute approximate surface area is 190 Å². The number of benzene rings is 2. The zero-order chi connectivity index (χ0) is 22.4. The second-order valence-electron chi connectivity index (χ2n) is 6.50. The van der Waals surface area contributed by atoms with Gasteiger partial charge in [-0.25, -0.2) is 0 Å². The van der Waals surface area contributed by atoms with Gasteiger partial charge in [0.25, 0.3) is 0 Å². The number of amides is 1. The number of carbonyl (C=O) groups is 1. The van der Waals surface area contributed by atoms with Crippen molar-refractivity contribution in [2.75, 3.05) is 19.5 Å². The van der Waals surface area contributed by atoms with E-state index in [1.54, 1.807) is 38.3 Å². The first-order chi connectivity index (χ1) is 15.0. The molecule has 0 spiro atoms. The first-order valence-electron chi connectivity index (χ1n) is 9.47. The molecule has 3 rings (SSSR count). The van der Waals surface area contributed by atoms with E-state index in [1.165, 1.54) is 18.9 Å². The van der Waals surface area contributed by atoms with E-state index in [0.717, 1.165) is 5.56 Å². The number of ether oxygens (including phenoxy) is 2. The van der Waals surface area contributed by atoms with E-state index >= 15 is 0 Å². The number of allylic oxidation sites excluding steroid dienone is 1. The summed E-state index contributed by atoms with van der Waals surface area (Å²) in [4.78, 5) is 12.8. The van der Waals surface area contributed by atoms with Crippen molar-refractivity contribution < 1.29 is 14.3 Å². The molecular weight excluding hydrogens is 436 g/mol. The van der Waals surface area contributed by atoms with Crippen LogP contribution in [-0.4, -0.2) is 40.1 Å². The molecule has 0 radical (unpaired) electrons. The number of hydrogen-bond acceptors (Lipinski definition) is 6. The molecular formula is C22H23ClN4O3S. The van der Waals surface area contributed by atoms with Gasteiger partial charge in [-0.3, -0.25) is 9.36 Å². The summed E-state index contributed by atoms with van der Waals surface area (Å²) in [5.74, 6) is 1.65. The third-order valence-corrected chi connectivity index (χ3v) is 5.76. The number of carbonyl (C=O) groups excluding carboxylic acids is 1. The van der Waals surface area contributed by atoms with Crippen LogP contribution in [0.2, 0.25) is 5.02 Å². The van der Waals surface area contributed by atoms with Gasteiger partial charge in [-0.15, -0.1) is 16.8 Å². The van der Waals surface area contributed by atoms with Crippen molar-refractivity contribution >= 4 is 35.0 Å². The molecule has 31 heavy (non-hydrogen) atoms. The predicted octanol–water partition coefficient (Wildman–Crippen LogP) is 4.92. The van der Waals surface area contributed by atoms with Gasteiger partial charge in [0.15, 0.2) is 11.0 Å². The van der Waals surface area contributed by atoms with Crippen LogP contribution in [0.3, 0.4) is 0 Å². The molecule has 162 valence electrons. The molecule has 1 atom stereocenters. The number of rotatable bonds is 9. The SMILES string of the molecule is C=CCn1c(SC(C)C(=O)Nc2cc(Cl)ccc2OC)nnc1-c1ccccc1OC. The molecule has 1 amide bonds. The fourth-order valence-electron chi connectivity index (χ4n) is 2.92. The zero-order valence-electron chi connectivity index (χ0n) is 17.5. The van der Waals surface area contributed by atoms with E-state index in [1.807, 2.05) is 28.8 Å². The highest BCUT2D eigenvalue weighted by atomic mass is 35.5. The lowest BCUT2D eigenvalue weighted by molar-refractivity contribution is -0.115. The average Bonchev–Trinajstić information content (AvgIpc) is 3.16. The van der Waals surface area contributed by atoms with Crippen molar-refractivity contribution in [1.82, 2.24) is 14.8 Å². The summed E-state index contributed by atoms with van der Waals surface area (Å²) >= 11 is 7.35. The minimum atomic E-state index is -0.457. The number of nitrogens with one attached hydrogen (secondary N) is 1. The number of nitrogens with zero attached hydrogens (tertiary/aromatic N) is 3. The van der Waals surface area contributed by atoms with Crippen LogP contribution in [0, 0.1) is 0 Å². The summed E-state index contributed by atoms with van der Waals surface area (Å²) in [5.41, 5.74) is 1.32. The summed E-state index contributed by atoms with van der Waals surface area (Å²) in [6.07, 6.45) is 1.76. The largest absolute Gasteiger partial charge is 0.496 e. The third kappa shape index (κ3) is 5.21. The number of halogens is 1. The van der Waals surface area contributed by atoms with Crippen molar-refractivity contribution in [3.05, 3.63) is 60.1 Å². The summed E-state index contributed by atoms with van der Waals surface area (Å²) in [6, 6.07) is 12.6. The van der Waals surface area contributed by atoms with Crippen LogP contribution >= 0.6 is 23.4 Å². The molecule has 3 aromatic rings. The Kier molecular flexibility index (Phi) is 7.59. The lowest BCUT2D eigenvalue weighted by Gasteiger charge is -2.15. The van der Waals surface area contributed by atoms with E-state index in [0.29, 0.717) is 39.7 Å². The molecule has 1 N–H and O–H groups in total.